The Labute approximate surface area is 118 Å². The second kappa shape index (κ2) is 6.72. The zero-order valence-corrected chi connectivity index (χ0v) is 11.9. The van der Waals surface area contributed by atoms with E-state index < -0.39 is 0 Å². The van der Waals surface area contributed by atoms with E-state index in [4.69, 9.17) is 11.6 Å². The summed E-state index contributed by atoms with van der Waals surface area (Å²) >= 11 is 8.00. The Morgan fingerprint density at radius 1 is 1.11 bits per heavy atom. The summed E-state index contributed by atoms with van der Waals surface area (Å²) in [5.74, 6) is 1.02. The lowest BCUT2D eigenvalue weighted by Crippen LogP contribution is -2.04. The molecular formula is C15H16ClNS. The third-order valence-corrected chi connectivity index (χ3v) is 3.88. The molecule has 0 spiro atoms. The van der Waals surface area contributed by atoms with Gasteiger partial charge in [-0.1, -0.05) is 35.9 Å². The highest BCUT2D eigenvalue weighted by Crippen LogP contribution is 2.23. The van der Waals surface area contributed by atoms with Crippen molar-refractivity contribution in [2.75, 3.05) is 17.6 Å². The predicted octanol–water partition coefficient (Wildman–Crippen LogP) is 4.85. The molecule has 0 radical (unpaired) electrons. The van der Waals surface area contributed by atoms with E-state index in [1.54, 1.807) is 0 Å². The van der Waals surface area contributed by atoms with Gasteiger partial charge in [-0.25, -0.2) is 0 Å². The Kier molecular flexibility index (Phi) is 4.97. The Morgan fingerprint density at radius 2 is 1.89 bits per heavy atom. The average molecular weight is 278 g/mol. The number of anilines is 1. The number of benzene rings is 2. The van der Waals surface area contributed by atoms with Crippen LogP contribution < -0.4 is 5.32 Å². The third-order valence-electron chi connectivity index (χ3n) is 2.55. The zero-order chi connectivity index (χ0) is 12.8. The molecule has 2 aromatic carbocycles. The minimum atomic E-state index is 0.791. The summed E-state index contributed by atoms with van der Waals surface area (Å²) < 4.78 is 0. The molecule has 0 aliphatic heterocycles. The van der Waals surface area contributed by atoms with Gasteiger partial charge in [-0.3, -0.25) is 0 Å². The quantitative estimate of drug-likeness (QED) is 0.619. The summed E-state index contributed by atoms with van der Waals surface area (Å²) in [5, 5.41) is 4.15. The number of halogens is 1. The molecular weight excluding hydrogens is 262 g/mol. The molecule has 0 bridgehead atoms. The summed E-state index contributed by atoms with van der Waals surface area (Å²) in [4.78, 5) is 1.30. The smallest absolute Gasteiger partial charge is 0.0640 e. The second-order valence-electron chi connectivity index (χ2n) is 4.07. The van der Waals surface area contributed by atoms with E-state index in [2.05, 4.69) is 35.6 Å². The summed E-state index contributed by atoms with van der Waals surface area (Å²) in [7, 11) is 0. The first-order chi connectivity index (χ1) is 8.75. The highest BCUT2D eigenvalue weighted by atomic mass is 35.5. The Balaban J connectivity index is 1.79. The molecule has 0 aromatic heterocycles. The van der Waals surface area contributed by atoms with Crippen molar-refractivity contribution in [1.29, 1.82) is 0 Å². The van der Waals surface area contributed by atoms with Crippen molar-refractivity contribution in [1.82, 2.24) is 0 Å². The lowest BCUT2D eigenvalue weighted by Gasteiger charge is -2.08. The van der Waals surface area contributed by atoms with Gasteiger partial charge in [0.2, 0.25) is 0 Å². The van der Waals surface area contributed by atoms with E-state index in [0.717, 1.165) is 23.0 Å². The Hall–Kier alpha value is -1.12. The van der Waals surface area contributed by atoms with E-state index >= 15 is 0 Å². The van der Waals surface area contributed by atoms with Crippen LogP contribution in [0.15, 0.2) is 53.4 Å². The molecule has 2 rings (SSSR count). The van der Waals surface area contributed by atoms with Crippen LogP contribution in [0.3, 0.4) is 0 Å². The van der Waals surface area contributed by atoms with E-state index in [1.807, 2.05) is 36.9 Å². The molecule has 94 valence electrons. The molecule has 2 aromatic rings. The van der Waals surface area contributed by atoms with Gasteiger partial charge in [-0.15, -0.1) is 11.8 Å². The maximum absolute atomic E-state index is 6.16. The maximum atomic E-state index is 6.16. The number of rotatable bonds is 5. The summed E-state index contributed by atoms with van der Waals surface area (Å²) in [6.07, 6.45) is 0. The third kappa shape index (κ3) is 3.97. The molecule has 0 heterocycles. The van der Waals surface area contributed by atoms with Gasteiger partial charge in [0.25, 0.3) is 0 Å². The van der Waals surface area contributed by atoms with Crippen LogP contribution in [-0.2, 0) is 0 Å². The first-order valence-corrected chi connectivity index (χ1v) is 7.30. The van der Waals surface area contributed by atoms with Gasteiger partial charge in [0, 0.05) is 17.2 Å². The Bertz CT molecular complexity index is 499. The molecule has 0 fully saturated rings. The van der Waals surface area contributed by atoms with Crippen molar-refractivity contribution in [3.8, 4) is 0 Å². The molecule has 0 saturated carbocycles. The molecule has 0 unspecified atom stereocenters. The van der Waals surface area contributed by atoms with E-state index in [-0.39, 0.29) is 0 Å². The molecule has 1 N–H and O–H groups in total. The lowest BCUT2D eigenvalue weighted by atomic mass is 10.2. The van der Waals surface area contributed by atoms with Crippen molar-refractivity contribution >= 4 is 29.1 Å². The van der Waals surface area contributed by atoms with Crippen molar-refractivity contribution < 1.29 is 0 Å². The van der Waals surface area contributed by atoms with Crippen LogP contribution in [0.5, 0.6) is 0 Å². The van der Waals surface area contributed by atoms with Gasteiger partial charge in [0.1, 0.15) is 0 Å². The molecule has 0 amide bonds. The first kappa shape index (κ1) is 13.3. The SMILES string of the molecule is Cc1ccc(NCCSc2ccccc2)c(Cl)c1. The van der Waals surface area contributed by atoms with Gasteiger partial charge in [-0.05, 0) is 36.8 Å². The largest absolute Gasteiger partial charge is 0.383 e. The fourth-order valence-corrected chi connectivity index (χ4v) is 2.73. The van der Waals surface area contributed by atoms with Gasteiger partial charge >= 0.3 is 0 Å². The Morgan fingerprint density at radius 3 is 2.61 bits per heavy atom. The minimum absolute atomic E-state index is 0.791. The van der Waals surface area contributed by atoms with Crippen LogP contribution in [0.25, 0.3) is 0 Å². The molecule has 3 heteroatoms. The molecule has 0 aliphatic carbocycles. The monoisotopic (exact) mass is 277 g/mol. The lowest BCUT2D eigenvalue weighted by molar-refractivity contribution is 1.22. The van der Waals surface area contributed by atoms with Gasteiger partial charge in [0.05, 0.1) is 10.7 Å². The van der Waals surface area contributed by atoms with Gasteiger partial charge in [-0.2, -0.15) is 0 Å². The van der Waals surface area contributed by atoms with Crippen LogP contribution in [-0.4, -0.2) is 12.3 Å². The zero-order valence-electron chi connectivity index (χ0n) is 10.3. The van der Waals surface area contributed by atoms with Crippen molar-refractivity contribution in [3.63, 3.8) is 0 Å². The van der Waals surface area contributed by atoms with Crippen molar-refractivity contribution in [3.05, 3.63) is 59.1 Å². The number of nitrogens with one attached hydrogen (secondary N) is 1. The van der Waals surface area contributed by atoms with Crippen LogP contribution in [0.1, 0.15) is 5.56 Å². The number of hydrogen-bond acceptors (Lipinski definition) is 2. The summed E-state index contributed by atoms with van der Waals surface area (Å²) in [5.41, 5.74) is 2.19. The fourth-order valence-electron chi connectivity index (χ4n) is 1.63. The first-order valence-electron chi connectivity index (χ1n) is 5.93. The van der Waals surface area contributed by atoms with Crippen LogP contribution in [0.2, 0.25) is 5.02 Å². The number of hydrogen-bond donors (Lipinski definition) is 1. The highest BCUT2D eigenvalue weighted by molar-refractivity contribution is 7.99. The minimum Gasteiger partial charge on any atom is -0.383 e. The van der Waals surface area contributed by atoms with E-state index in [0.29, 0.717) is 0 Å². The van der Waals surface area contributed by atoms with Gasteiger partial charge in [0.15, 0.2) is 0 Å². The van der Waals surface area contributed by atoms with E-state index in [1.165, 1.54) is 10.5 Å². The van der Waals surface area contributed by atoms with Crippen LogP contribution in [0, 0.1) is 6.92 Å². The highest BCUT2D eigenvalue weighted by Gasteiger charge is 1.99. The topological polar surface area (TPSA) is 12.0 Å². The van der Waals surface area contributed by atoms with Gasteiger partial charge < -0.3 is 5.32 Å². The summed E-state index contributed by atoms with van der Waals surface area (Å²) in [6.45, 7) is 2.95. The number of aryl methyl sites for hydroxylation is 1. The molecule has 18 heavy (non-hydrogen) atoms. The predicted molar refractivity (Wildman–Crippen MR) is 81.8 cm³/mol. The molecule has 0 atom stereocenters. The van der Waals surface area contributed by atoms with Crippen molar-refractivity contribution in [2.24, 2.45) is 0 Å². The average Bonchev–Trinajstić information content (AvgIpc) is 2.38. The molecule has 0 saturated heterocycles. The summed E-state index contributed by atoms with van der Waals surface area (Å²) in [6, 6.07) is 16.5. The molecule has 0 aliphatic rings. The normalized spacial score (nSPS) is 10.3. The maximum Gasteiger partial charge on any atom is 0.0640 e. The second-order valence-corrected chi connectivity index (χ2v) is 5.65. The van der Waals surface area contributed by atoms with Crippen LogP contribution in [0.4, 0.5) is 5.69 Å². The number of thioether (sulfide) groups is 1. The fraction of sp³-hybridized carbons (Fsp3) is 0.200. The standard InChI is InChI=1S/C15H16ClNS/c1-12-7-8-15(14(16)11-12)17-9-10-18-13-5-3-2-4-6-13/h2-8,11,17H,9-10H2,1H3. The van der Waals surface area contributed by atoms with Crippen molar-refractivity contribution in [2.45, 2.75) is 11.8 Å². The van der Waals surface area contributed by atoms with Crippen LogP contribution >= 0.6 is 23.4 Å². The van der Waals surface area contributed by atoms with E-state index in [9.17, 15) is 0 Å². The molecule has 1 nitrogen and oxygen atoms in total.